The van der Waals surface area contributed by atoms with Gasteiger partial charge in [0.1, 0.15) is 5.60 Å². The summed E-state index contributed by atoms with van der Waals surface area (Å²) < 4.78 is 13.5. The number of aryl methyl sites for hydroxylation is 2. The fourth-order valence-electron chi connectivity index (χ4n) is 6.75. The maximum atomic E-state index is 14.1. The minimum absolute atomic E-state index is 0.177. The van der Waals surface area contributed by atoms with E-state index >= 15 is 0 Å². The molecule has 2 aromatic carbocycles. The zero-order chi connectivity index (χ0) is 43.8. The SMILES string of the molecule is COC(=O)CCc1cc(C(C)(C)C)c(C(O)(c2c(C(C)(C)C)cc(CCC(=O)OC)cc2C(C)(C)C)C(CO)(CO)CO)c(C(C)(C)C)c1.OP(O)OP(O)O. The standard InChI is InChI=1S/C41H64O8.H4O5P2/c1-36(2,3)28-19-26(15-17-32(45)48-13)20-29(37(4,5)6)34(28)41(47,40(23-42,24-43)25-44)35-30(38(7,8)9)21-27(16-18-33(46)49-14)22-31(35)39(10,11)12;1-6(2)5-7(3)4/h19-22,42-44,47H,15-18,23-25H2,1-14H3;1-4H. The lowest BCUT2D eigenvalue weighted by Crippen LogP contribution is -2.57. The van der Waals surface area contributed by atoms with Gasteiger partial charge < -0.3 is 49.5 Å². The van der Waals surface area contributed by atoms with Crippen molar-refractivity contribution in [2.45, 2.75) is 136 Å². The van der Waals surface area contributed by atoms with E-state index in [2.05, 4.69) is 4.31 Å². The molecule has 0 saturated heterocycles. The summed E-state index contributed by atoms with van der Waals surface area (Å²) in [6, 6.07) is 8.03. The first-order valence-corrected chi connectivity index (χ1v) is 20.8. The molecule has 0 aliphatic rings. The fourth-order valence-corrected chi connectivity index (χ4v) is 7.27. The maximum absolute atomic E-state index is 14.1. The van der Waals surface area contributed by atoms with Gasteiger partial charge in [-0.05, 0) is 79.0 Å². The first-order chi connectivity index (χ1) is 25.4. The molecule has 15 heteroatoms. The van der Waals surface area contributed by atoms with Gasteiger partial charge in [-0.3, -0.25) is 9.59 Å². The monoisotopic (exact) mass is 830 g/mol. The van der Waals surface area contributed by atoms with Crippen molar-refractivity contribution in [1.82, 2.24) is 0 Å². The molecule has 0 aliphatic carbocycles. The van der Waals surface area contributed by atoms with E-state index in [-0.39, 0.29) is 24.8 Å². The second-order valence-corrected chi connectivity index (χ2v) is 20.0. The van der Waals surface area contributed by atoms with Gasteiger partial charge in [0.05, 0.1) is 39.5 Å². The summed E-state index contributed by atoms with van der Waals surface area (Å²) in [6.07, 6.45) is 1.18. The molecule has 13 nitrogen and oxygen atoms in total. The Morgan fingerprint density at radius 3 is 0.946 bits per heavy atom. The van der Waals surface area contributed by atoms with Crippen molar-refractivity contribution in [2.24, 2.45) is 5.41 Å². The molecule has 0 saturated carbocycles. The lowest BCUT2D eigenvalue weighted by Gasteiger charge is -2.52. The lowest BCUT2D eigenvalue weighted by atomic mass is 9.56. The molecule has 0 unspecified atom stereocenters. The second kappa shape index (κ2) is 20.2. The van der Waals surface area contributed by atoms with E-state index in [1.54, 1.807) is 0 Å². The van der Waals surface area contributed by atoms with Crippen LogP contribution in [0.25, 0.3) is 0 Å². The quantitative estimate of drug-likeness (QED) is 0.0845. The Bertz CT molecular complexity index is 1420. The van der Waals surface area contributed by atoms with Crippen LogP contribution < -0.4 is 0 Å². The third-order valence-corrected chi connectivity index (χ3v) is 11.0. The molecule has 0 aromatic heterocycles. The van der Waals surface area contributed by atoms with Crippen LogP contribution in [0, 0.1) is 5.41 Å². The number of aliphatic hydroxyl groups excluding tert-OH is 3. The Balaban J connectivity index is 0.00000203. The number of methoxy groups -OCH3 is 2. The summed E-state index contributed by atoms with van der Waals surface area (Å²) in [4.78, 5) is 55.7. The molecule has 0 amide bonds. The number of hydrogen-bond donors (Lipinski definition) is 8. The summed E-state index contributed by atoms with van der Waals surface area (Å²) in [7, 11) is -2.49. The van der Waals surface area contributed by atoms with Crippen molar-refractivity contribution in [2.75, 3.05) is 34.0 Å². The minimum atomic E-state index is -2.61. The van der Waals surface area contributed by atoms with Gasteiger partial charge in [0.15, 0.2) is 0 Å². The molecule has 2 rings (SSSR count). The number of benzene rings is 2. The predicted molar refractivity (Wildman–Crippen MR) is 219 cm³/mol. The van der Waals surface area contributed by atoms with Gasteiger partial charge in [0.2, 0.25) is 0 Å². The van der Waals surface area contributed by atoms with E-state index in [0.29, 0.717) is 24.0 Å². The highest BCUT2D eigenvalue weighted by atomic mass is 31.2. The van der Waals surface area contributed by atoms with Crippen molar-refractivity contribution in [3.8, 4) is 0 Å². The molecule has 2 aromatic rings. The summed E-state index contributed by atoms with van der Waals surface area (Å²) >= 11 is 0. The predicted octanol–water partition coefficient (Wildman–Crippen LogP) is 5.71. The number of aliphatic hydroxyl groups is 4. The zero-order valence-corrected chi connectivity index (χ0v) is 37.6. The molecule has 0 aliphatic heterocycles. The Kier molecular flexibility index (Phi) is 18.7. The molecule has 0 atom stereocenters. The van der Waals surface area contributed by atoms with Gasteiger partial charge >= 0.3 is 29.1 Å². The van der Waals surface area contributed by atoms with Crippen LogP contribution >= 0.6 is 17.2 Å². The minimum Gasteiger partial charge on any atom is -0.469 e. The van der Waals surface area contributed by atoms with Crippen molar-refractivity contribution < 1.29 is 63.4 Å². The largest absolute Gasteiger partial charge is 0.469 e. The summed E-state index contributed by atoms with van der Waals surface area (Å²) in [5.74, 6) is -0.654. The third kappa shape index (κ3) is 12.9. The smallest absolute Gasteiger partial charge is 0.334 e. The van der Waals surface area contributed by atoms with Crippen molar-refractivity contribution in [3.63, 3.8) is 0 Å². The summed E-state index contributed by atoms with van der Waals surface area (Å²) in [5, 5.41) is 47.9. The topological polar surface area (TPSA) is 224 Å². The number of rotatable bonds is 14. The Hall–Kier alpha value is -2.12. The van der Waals surface area contributed by atoms with Crippen LogP contribution in [0.2, 0.25) is 0 Å². The fraction of sp³-hybridized carbons (Fsp3) is 0.659. The van der Waals surface area contributed by atoms with E-state index in [1.807, 2.05) is 107 Å². The molecule has 0 bridgehead atoms. The highest BCUT2D eigenvalue weighted by Gasteiger charge is 2.58. The van der Waals surface area contributed by atoms with Crippen LogP contribution in [0.1, 0.15) is 140 Å². The Labute approximate surface area is 336 Å². The first kappa shape index (κ1) is 51.9. The molecule has 320 valence electrons. The molecule has 0 spiro atoms. The van der Waals surface area contributed by atoms with E-state index < -0.39 is 69.7 Å². The van der Waals surface area contributed by atoms with E-state index in [9.17, 15) is 30.0 Å². The number of ether oxygens (including phenoxy) is 2. The average Bonchev–Trinajstić information content (AvgIpc) is 3.07. The Morgan fingerprint density at radius 1 is 0.536 bits per heavy atom. The van der Waals surface area contributed by atoms with Crippen LogP contribution in [0.4, 0.5) is 0 Å². The van der Waals surface area contributed by atoms with Gasteiger partial charge in [0.25, 0.3) is 0 Å². The van der Waals surface area contributed by atoms with E-state index in [1.165, 1.54) is 14.2 Å². The van der Waals surface area contributed by atoms with Crippen LogP contribution in [0.15, 0.2) is 24.3 Å². The van der Waals surface area contributed by atoms with E-state index in [4.69, 9.17) is 29.0 Å². The highest BCUT2D eigenvalue weighted by Crippen LogP contribution is 2.56. The van der Waals surface area contributed by atoms with E-state index in [0.717, 1.165) is 33.4 Å². The summed E-state index contributed by atoms with van der Waals surface area (Å²) in [6.45, 7) is 22.4. The van der Waals surface area contributed by atoms with Gasteiger partial charge in [-0.2, -0.15) is 0 Å². The summed E-state index contributed by atoms with van der Waals surface area (Å²) in [5.41, 5.74) is -0.338. The number of carbonyl (C=O) groups is 2. The highest BCUT2D eigenvalue weighted by molar-refractivity contribution is 7.53. The number of hydrogen-bond acceptors (Lipinski definition) is 13. The second-order valence-electron chi connectivity index (χ2n) is 18.3. The van der Waals surface area contributed by atoms with Gasteiger partial charge in [-0.15, -0.1) is 0 Å². The van der Waals surface area contributed by atoms with Gasteiger partial charge in [0, 0.05) is 12.8 Å². The lowest BCUT2D eigenvalue weighted by molar-refractivity contribution is -0.141. The molecule has 8 N–H and O–H groups in total. The van der Waals surface area contributed by atoms with Crippen molar-refractivity contribution in [3.05, 3.63) is 68.8 Å². The van der Waals surface area contributed by atoms with Crippen LogP contribution in [-0.4, -0.2) is 86.0 Å². The molecule has 0 heterocycles. The number of carbonyl (C=O) groups excluding carboxylic acids is 2. The molecule has 0 radical (unpaired) electrons. The zero-order valence-electron chi connectivity index (χ0n) is 35.8. The van der Waals surface area contributed by atoms with Crippen molar-refractivity contribution in [1.29, 1.82) is 0 Å². The molecule has 0 fully saturated rings. The van der Waals surface area contributed by atoms with Crippen LogP contribution in [0.3, 0.4) is 0 Å². The van der Waals surface area contributed by atoms with Crippen molar-refractivity contribution >= 4 is 29.1 Å². The normalized spacial score (nSPS) is 13.1. The average molecular weight is 831 g/mol. The Morgan fingerprint density at radius 2 is 0.786 bits per heavy atom. The molecule has 56 heavy (non-hydrogen) atoms. The van der Waals surface area contributed by atoms with Gasteiger partial charge in [-0.25, -0.2) is 4.31 Å². The molecular weight excluding hydrogens is 762 g/mol. The van der Waals surface area contributed by atoms with Crippen LogP contribution in [0.5, 0.6) is 0 Å². The van der Waals surface area contributed by atoms with Crippen LogP contribution in [-0.2, 0) is 63.5 Å². The first-order valence-electron chi connectivity index (χ1n) is 18.5. The van der Waals surface area contributed by atoms with Gasteiger partial charge in [-0.1, -0.05) is 107 Å². The maximum Gasteiger partial charge on any atom is 0.334 e. The number of esters is 2. The third-order valence-electron chi connectivity index (χ3n) is 9.86. The molecular formula is C41H68O13P2.